The minimum atomic E-state index is -4.65. The number of benzene rings is 3. The minimum Gasteiger partial charge on any atom is -0.399 e. The summed E-state index contributed by atoms with van der Waals surface area (Å²) >= 11 is 0. The van der Waals surface area contributed by atoms with Gasteiger partial charge in [-0.3, -0.25) is 9.59 Å². The Bertz CT molecular complexity index is 1110. The Kier molecular flexibility index (Phi) is 5.63. The number of amides is 2. The van der Waals surface area contributed by atoms with E-state index in [1.54, 1.807) is 24.3 Å². The zero-order chi connectivity index (χ0) is 21.9. The van der Waals surface area contributed by atoms with Gasteiger partial charge in [0.25, 0.3) is 11.8 Å². The second-order valence-corrected chi connectivity index (χ2v) is 6.41. The summed E-state index contributed by atoms with van der Waals surface area (Å²) in [5, 5.41) is 5.03. The number of rotatable bonds is 4. The molecule has 9 heteroatoms. The van der Waals surface area contributed by atoms with E-state index in [2.05, 4.69) is 10.6 Å². The van der Waals surface area contributed by atoms with E-state index in [0.29, 0.717) is 11.4 Å². The SMILES string of the molecule is Nc1cccc(NC(=O)c2cccc(C(=O)Nc3ccc(N)c(C(F)(F)F)c3)c2)c1. The second-order valence-electron chi connectivity index (χ2n) is 6.41. The van der Waals surface area contributed by atoms with Crippen LogP contribution in [0.5, 0.6) is 0 Å². The molecule has 0 heterocycles. The van der Waals surface area contributed by atoms with Crippen molar-refractivity contribution in [1.82, 2.24) is 0 Å². The van der Waals surface area contributed by atoms with E-state index in [1.165, 1.54) is 30.3 Å². The normalized spacial score (nSPS) is 11.0. The number of nitrogens with one attached hydrogen (secondary N) is 2. The van der Waals surface area contributed by atoms with Gasteiger partial charge in [-0.15, -0.1) is 0 Å². The Labute approximate surface area is 169 Å². The van der Waals surface area contributed by atoms with Crippen LogP contribution >= 0.6 is 0 Å². The molecule has 6 nitrogen and oxygen atoms in total. The summed E-state index contributed by atoms with van der Waals surface area (Å²) in [5.41, 5.74) is 10.7. The molecule has 0 aliphatic rings. The lowest BCUT2D eigenvalue weighted by molar-refractivity contribution is -0.136. The Morgan fingerprint density at radius 1 is 0.733 bits per heavy atom. The highest BCUT2D eigenvalue weighted by Gasteiger charge is 2.33. The molecule has 0 unspecified atom stereocenters. The average molecular weight is 414 g/mol. The standard InChI is InChI=1S/C21H17F3N4O2/c22-21(23,24)17-11-16(7-8-18(17)26)28-20(30)13-4-1-3-12(9-13)19(29)27-15-6-2-5-14(25)10-15/h1-11H,25-26H2,(H,27,29)(H,28,30). The predicted molar refractivity (Wildman–Crippen MR) is 109 cm³/mol. The van der Waals surface area contributed by atoms with Crippen LogP contribution in [0.25, 0.3) is 0 Å². The van der Waals surface area contributed by atoms with E-state index in [4.69, 9.17) is 11.5 Å². The molecule has 2 amide bonds. The van der Waals surface area contributed by atoms with Crippen molar-refractivity contribution >= 4 is 34.6 Å². The van der Waals surface area contributed by atoms with Gasteiger partial charge >= 0.3 is 6.18 Å². The number of anilines is 4. The van der Waals surface area contributed by atoms with Crippen molar-refractivity contribution in [3.63, 3.8) is 0 Å². The Morgan fingerprint density at radius 3 is 1.87 bits per heavy atom. The van der Waals surface area contributed by atoms with Gasteiger partial charge in [0.2, 0.25) is 0 Å². The van der Waals surface area contributed by atoms with Gasteiger partial charge in [-0.25, -0.2) is 0 Å². The van der Waals surface area contributed by atoms with Crippen molar-refractivity contribution in [1.29, 1.82) is 0 Å². The van der Waals surface area contributed by atoms with Crippen LogP contribution < -0.4 is 22.1 Å². The number of nitrogens with two attached hydrogens (primary N) is 2. The molecule has 154 valence electrons. The molecule has 0 aliphatic carbocycles. The lowest BCUT2D eigenvalue weighted by atomic mass is 10.1. The van der Waals surface area contributed by atoms with Crippen LogP contribution in [0, 0.1) is 0 Å². The first kappa shape index (κ1) is 20.7. The molecule has 0 aromatic heterocycles. The number of hydrogen-bond acceptors (Lipinski definition) is 4. The number of carbonyl (C=O) groups excluding carboxylic acids is 2. The van der Waals surface area contributed by atoms with E-state index in [1.807, 2.05) is 0 Å². The van der Waals surface area contributed by atoms with E-state index < -0.39 is 29.2 Å². The van der Waals surface area contributed by atoms with Crippen LogP contribution in [0.1, 0.15) is 26.3 Å². The van der Waals surface area contributed by atoms with Gasteiger partial charge in [0, 0.05) is 33.9 Å². The molecule has 6 N–H and O–H groups in total. The summed E-state index contributed by atoms with van der Waals surface area (Å²) in [7, 11) is 0. The monoisotopic (exact) mass is 414 g/mol. The van der Waals surface area contributed by atoms with Gasteiger partial charge in [-0.2, -0.15) is 13.2 Å². The largest absolute Gasteiger partial charge is 0.418 e. The maximum Gasteiger partial charge on any atom is 0.418 e. The quantitative estimate of drug-likeness (QED) is 0.475. The highest BCUT2D eigenvalue weighted by molar-refractivity contribution is 6.08. The molecule has 0 fully saturated rings. The molecular weight excluding hydrogens is 397 g/mol. The van der Waals surface area contributed by atoms with Crippen LogP contribution in [0.15, 0.2) is 66.7 Å². The van der Waals surface area contributed by atoms with Crippen molar-refractivity contribution in [2.45, 2.75) is 6.18 Å². The summed E-state index contributed by atoms with van der Waals surface area (Å²) in [6.07, 6.45) is -4.65. The molecule has 0 atom stereocenters. The molecule has 30 heavy (non-hydrogen) atoms. The third-order valence-corrected chi connectivity index (χ3v) is 4.15. The molecule has 0 saturated carbocycles. The zero-order valence-corrected chi connectivity index (χ0v) is 15.5. The van der Waals surface area contributed by atoms with Gasteiger partial charge in [0.15, 0.2) is 0 Å². The van der Waals surface area contributed by atoms with Crippen LogP contribution in [0.2, 0.25) is 0 Å². The van der Waals surface area contributed by atoms with Crippen molar-refractivity contribution in [2.24, 2.45) is 0 Å². The topological polar surface area (TPSA) is 110 Å². The fourth-order valence-electron chi connectivity index (χ4n) is 2.70. The molecule has 3 aromatic rings. The van der Waals surface area contributed by atoms with Crippen molar-refractivity contribution in [3.8, 4) is 0 Å². The zero-order valence-electron chi connectivity index (χ0n) is 15.5. The third-order valence-electron chi connectivity index (χ3n) is 4.15. The fraction of sp³-hybridized carbons (Fsp3) is 0.0476. The predicted octanol–water partition coefficient (Wildman–Crippen LogP) is 4.37. The maximum absolute atomic E-state index is 13.0. The first-order chi connectivity index (χ1) is 14.1. The van der Waals surface area contributed by atoms with Crippen LogP contribution in [0.3, 0.4) is 0 Å². The fourth-order valence-corrected chi connectivity index (χ4v) is 2.70. The van der Waals surface area contributed by atoms with E-state index in [-0.39, 0.29) is 16.8 Å². The van der Waals surface area contributed by atoms with Crippen LogP contribution in [0.4, 0.5) is 35.9 Å². The lowest BCUT2D eigenvalue weighted by Crippen LogP contribution is -2.16. The van der Waals surface area contributed by atoms with Gasteiger partial charge in [-0.05, 0) is 54.6 Å². The van der Waals surface area contributed by atoms with Gasteiger partial charge < -0.3 is 22.1 Å². The lowest BCUT2D eigenvalue weighted by Gasteiger charge is -2.13. The number of alkyl halides is 3. The van der Waals surface area contributed by atoms with Gasteiger partial charge in [0.05, 0.1) is 5.56 Å². The molecule has 3 aromatic carbocycles. The highest BCUT2D eigenvalue weighted by atomic mass is 19.4. The summed E-state index contributed by atoms with van der Waals surface area (Å²) < 4.78 is 39.0. The Morgan fingerprint density at radius 2 is 1.30 bits per heavy atom. The van der Waals surface area contributed by atoms with Crippen LogP contribution in [-0.2, 0) is 6.18 Å². The number of carbonyl (C=O) groups is 2. The molecule has 0 bridgehead atoms. The van der Waals surface area contributed by atoms with E-state index in [0.717, 1.165) is 12.1 Å². The number of nitrogen functional groups attached to an aromatic ring is 2. The third kappa shape index (κ3) is 4.88. The minimum absolute atomic E-state index is 0.0730. The maximum atomic E-state index is 13.0. The first-order valence-corrected chi connectivity index (χ1v) is 8.68. The molecule has 0 spiro atoms. The Balaban J connectivity index is 1.77. The smallest absolute Gasteiger partial charge is 0.399 e. The van der Waals surface area contributed by atoms with Gasteiger partial charge in [0.1, 0.15) is 0 Å². The summed E-state index contributed by atoms with van der Waals surface area (Å²) in [4.78, 5) is 24.9. The van der Waals surface area contributed by atoms with Crippen molar-refractivity contribution < 1.29 is 22.8 Å². The van der Waals surface area contributed by atoms with E-state index in [9.17, 15) is 22.8 Å². The number of halogens is 3. The van der Waals surface area contributed by atoms with E-state index >= 15 is 0 Å². The summed E-state index contributed by atoms with van der Waals surface area (Å²) in [5.74, 6) is -1.14. The van der Waals surface area contributed by atoms with Gasteiger partial charge in [-0.1, -0.05) is 12.1 Å². The molecule has 0 saturated heterocycles. The first-order valence-electron chi connectivity index (χ1n) is 8.68. The highest BCUT2D eigenvalue weighted by Crippen LogP contribution is 2.35. The molecular formula is C21H17F3N4O2. The molecule has 0 radical (unpaired) electrons. The van der Waals surface area contributed by atoms with Crippen molar-refractivity contribution in [2.75, 3.05) is 22.1 Å². The second kappa shape index (κ2) is 8.16. The van der Waals surface area contributed by atoms with Crippen LogP contribution in [-0.4, -0.2) is 11.8 Å². The van der Waals surface area contributed by atoms with Crippen molar-refractivity contribution in [3.05, 3.63) is 83.4 Å². The molecule has 3 rings (SSSR count). The summed E-state index contributed by atoms with van der Waals surface area (Å²) in [6, 6.07) is 15.4. The Hall–Kier alpha value is -4.01. The number of hydrogen-bond donors (Lipinski definition) is 4. The molecule has 0 aliphatic heterocycles. The average Bonchev–Trinajstić information content (AvgIpc) is 2.68. The summed E-state index contributed by atoms with van der Waals surface area (Å²) in [6.45, 7) is 0.